The Morgan fingerprint density at radius 2 is 2.42 bits per heavy atom. The van der Waals surface area contributed by atoms with Crippen LogP contribution in [0.25, 0.3) is 0 Å². The first-order chi connectivity index (χ1) is 5.64. The van der Waals surface area contributed by atoms with E-state index in [-0.39, 0.29) is 12.6 Å². The highest BCUT2D eigenvalue weighted by Crippen LogP contribution is 2.23. The van der Waals surface area contributed by atoms with E-state index in [1.807, 2.05) is 0 Å². The lowest BCUT2D eigenvalue weighted by atomic mass is 9.99. The SMILES string of the molecule is CC(F)(CN)CCC1CCCO1. The second kappa shape index (κ2) is 4.19. The summed E-state index contributed by atoms with van der Waals surface area (Å²) >= 11 is 0. The van der Waals surface area contributed by atoms with Crippen molar-refractivity contribution in [1.82, 2.24) is 0 Å². The van der Waals surface area contributed by atoms with E-state index in [4.69, 9.17) is 10.5 Å². The van der Waals surface area contributed by atoms with Crippen molar-refractivity contribution in [3.8, 4) is 0 Å². The zero-order valence-electron chi connectivity index (χ0n) is 7.68. The fourth-order valence-corrected chi connectivity index (χ4v) is 1.44. The lowest BCUT2D eigenvalue weighted by Crippen LogP contribution is -2.30. The summed E-state index contributed by atoms with van der Waals surface area (Å²) in [5.74, 6) is 0. The van der Waals surface area contributed by atoms with Crippen molar-refractivity contribution in [1.29, 1.82) is 0 Å². The summed E-state index contributed by atoms with van der Waals surface area (Å²) in [6.45, 7) is 2.51. The number of rotatable bonds is 4. The molecule has 0 radical (unpaired) electrons. The molecule has 1 rings (SSSR count). The van der Waals surface area contributed by atoms with Crippen LogP contribution in [0.5, 0.6) is 0 Å². The van der Waals surface area contributed by atoms with Crippen LogP contribution in [0.15, 0.2) is 0 Å². The Kier molecular flexibility index (Phi) is 3.47. The van der Waals surface area contributed by atoms with E-state index in [1.54, 1.807) is 6.92 Å². The molecule has 0 spiro atoms. The molecule has 1 fully saturated rings. The van der Waals surface area contributed by atoms with Crippen LogP contribution in [-0.2, 0) is 4.74 Å². The number of ether oxygens (including phenoxy) is 1. The molecule has 0 saturated carbocycles. The molecule has 1 saturated heterocycles. The third-order valence-corrected chi connectivity index (χ3v) is 2.44. The molecule has 2 nitrogen and oxygen atoms in total. The Balaban J connectivity index is 2.15. The van der Waals surface area contributed by atoms with Gasteiger partial charge >= 0.3 is 0 Å². The Morgan fingerprint density at radius 3 is 2.92 bits per heavy atom. The van der Waals surface area contributed by atoms with Gasteiger partial charge < -0.3 is 10.5 Å². The third-order valence-electron chi connectivity index (χ3n) is 2.44. The molecule has 72 valence electrons. The smallest absolute Gasteiger partial charge is 0.120 e. The maximum Gasteiger partial charge on any atom is 0.120 e. The maximum absolute atomic E-state index is 13.3. The Labute approximate surface area is 73.3 Å². The highest BCUT2D eigenvalue weighted by molar-refractivity contribution is 4.77. The van der Waals surface area contributed by atoms with Gasteiger partial charge in [-0.25, -0.2) is 4.39 Å². The first kappa shape index (κ1) is 9.93. The maximum atomic E-state index is 13.3. The van der Waals surface area contributed by atoms with E-state index in [9.17, 15) is 4.39 Å². The van der Waals surface area contributed by atoms with Crippen LogP contribution in [0.3, 0.4) is 0 Å². The van der Waals surface area contributed by atoms with Crippen molar-refractivity contribution in [2.45, 2.75) is 44.4 Å². The van der Waals surface area contributed by atoms with E-state index in [0.29, 0.717) is 6.42 Å². The summed E-state index contributed by atoms with van der Waals surface area (Å²) in [6.07, 6.45) is 3.82. The van der Waals surface area contributed by atoms with Crippen molar-refractivity contribution in [3.05, 3.63) is 0 Å². The third kappa shape index (κ3) is 3.07. The molecule has 2 N–H and O–H groups in total. The predicted octanol–water partition coefficient (Wildman–Crippen LogP) is 1.63. The van der Waals surface area contributed by atoms with Gasteiger partial charge in [0.1, 0.15) is 5.67 Å². The zero-order chi connectivity index (χ0) is 9.03. The highest BCUT2D eigenvalue weighted by atomic mass is 19.1. The largest absolute Gasteiger partial charge is 0.378 e. The van der Waals surface area contributed by atoms with Gasteiger partial charge in [-0.2, -0.15) is 0 Å². The van der Waals surface area contributed by atoms with Crippen LogP contribution in [-0.4, -0.2) is 24.9 Å². The second-order valence-corrected chi connectivity index (χ2v) is 3.79. The molecule has 12 heavy (non-hydrogen) atoms. The summed E-state index contributed by atoms with van der Waals surface area (Å²) in [5.41, 5.74) is 4.07. The number of nitrogens with two attached hydrogens (primary N) is 1. The molecule has 0 aromatic carbocycles. The van der Waals surface area contributed by atoms with E-state index in [1.165, 1.54) is 0 Å². The number of hydrogen-bond donors (Lipinski definition) is 1. The van der Waals surface area contributed by atoms with Gasteiger partial charge in [0, 0.05) is 13.2 Å². The van der Waals surface area contributed by atoms with E-state index < -0.39 is 5.67 Å². The summed E-state index contributed by atoms with van der Waals surface area (Å²) in [4.78, 5) is 0. The number of alkyl halides is 1. The fourth-order valence-electron chi connectivity index (χ4n) is 1.44. The van der Waals surface area contributed by atoms with Crippen LogP contribution >= 0.6 is 0 Å². The standard InChI is InChI=1S/C9H18FNO/c1-9(10,7-11)5-4-8-3-2-6-12-8/h8H,2-7,11H2,1H3. The van der Waals surface area contributed by atoms with Crippen molar-refractivity contribution in [2.75, 3.05) is 13.2 Å². The average Bonchev–Trinajstić information content (AvgIpc) is 2.53. The zero-order valence-corrected chi connectivity index (χ0v) is 7.68. The highest BCUT2D eigenvalue weighted by Gasteiger charge is 2.24. The van der Waals surface area contributed by atoms with Gasteiger partial charge in [0.05, 0.1) is 6.10 Å². The molecule has 1 aliphatic rings. The second-order valence-electron chi connectivity index (χ2n) is 3.79. The van der Waals surface area contributed by atoms with Crippen LogP contribution in [0, 0.1) is 0 Å². The topological polar surface area (TPSA) is 35.2 Å². The van der Waals surface area contributed by atoms with Gasteiger partial charge in [-0.3, -0.25) is 0 Å². The molecule has 0 amide bonds. The monoisotopic (exact) mass is 175 g/mol. The van der Waals surface area contributed by atoms with Crippen molar-refractivity contribution >= 4 is 0 Å². The Bertz CT molecular complexity index is 132. The van der Waals surface area contributed by atoms with Gasteiger partial charge in [0.25, 0.3) is 0 Å². The Morgan fingerprint density at radius 1 is 1.67 bits per heavy atom. The fraction of sp³-hybridized carbons (Fsp3) is 1.00. The van der Waals surface area contributed by atoms with Gasteiger partial charge in [0.15, 0.2) is 0 Å². The van der Waals surface area contributed by atoms with E-state index in [2.05, 4.69) is 0 Å². The van der Waals surface area contributed by atoms with Gasteiger partial charge in [-0.05, 0) is 32.6 Å². The molecular weight excluding hydrogens is 157 g/mol. The van der Waals surface area contributed by atoms with Crippen molar-refractivity contribution in [2.24, 2.45) is 5.73 Å². The van der Waals surface area contributed by atoms with Crippen LogP contribution in [0.4, 0.5) is 4.39 Å². The average molecular weight is 175 g/mol. The van der Waals surface area contributed by atoms with Crippen LogP contribution in [0.2, 0.25) is 0 Å². The first-order valence-electron chi connectivity index (χ1n) is 4.65. The molecule has 2 unspecified atom stereocenters. The molecule has 0 aliphatic carbocycles. The number of hydrogen-bond acceptors (Lipinski definition) is 2. The van der Waals surface area contributed by atoms with Crippen LogP contribution in [0.1, 0.15) is 32.6 Å². The quantitative estimate of drug-likeness (QED) is 0.705. The normalized spacial score (nSPS) is 28.8. The van der Waals surface area contributed by atoms with E-state index in [0.717, 1.165) is 25.9 Å². The lowest BCUT2D eigenvalue weighted by molar-refractivity contribution is 0.0807. The molecule has 0 aromatic heterocycles. The van der Waals surface area contributed by atoms with Gasteiger partial charge in [0.2, 0.25) is 0 Å². The minimum absolute atomic E-state index is 0.111. The lowest BCUT2D eigenvalue weighted by Gasteiger charge is -2.19. The molecule has 0 bridgehead atoms. The summed E-state index contributed by atoms with van der Waals surface area (Å²) < 4.78 is 18.7. The number of halogens is 1. The first-order valence-corrected chi connectivity index (χ1v) is 4.65. The Hall–Kier alpha value is -0.150. The predicted molar refractivity (Wildman–Crippen MR) is 46.8 cm³/mol. The van der Waals surface area contributed by atoms with Crippen LogP contribution < -0.4 is 5.73 Å². The molecule has 0 aromatic rings. The molecular formula is C9H18FNO. The van der Waals surface area contributed by atoms with Crippen molar-refractivity contribution < 1.29 is 9.13 Å². The molecule has 1 aliphatic heterocycles. The summed E-state index contributed by atoms with van der Waals surface area (Å²) in [6, 6.07) is 0. The molecule has 1 heterocycles. The summed E-state index contributed by atoms with van der Waals surface area (Å²) in [5, 5.41) is 0. The van der Waals surface area contributed by atoms with Crippen molar-refractivity contribution in [3.63, 3.8) is 0 Å². The molecule has 2 atom stereocenters. The molecule has 3 heteroatoms. The van der Waals surface area contributed by atoms with E-state index >= 15 is 0 Å². The van der Waals surface area contributed by atoms with Gasteiger partial charge in [-0.15, -0.1) is 0 Å². The summed E-state index contributed by atoms with van der Waals surface area (Å²) in [7, 11) is 0. The van der Waals surface area contributed by atoms with Gasteiger partial charge in [-0.1, -0.05) is 0 Å². The minimum atomic E-state index is -1.20. The minimum Gasteiger partial charge on any atom is -0.378 e.